The summed E-state index contributed by atoms with van der Waals surface area (Å²) in [6.07, 6.45) is 5.26. The van der Waals surface area contributed by atoms with Crippen LogP contribution < -0.4 is 10.1 Å². The number of halogens is 2. The maximum absolute atomic E-state index is 14.7. The lowest BCUT2D eigenvalue weighted by Crippen LogP contribution is -2.53. The third-order valence-corrected chi connectivity index (χ3v) is 7.45. The standard InChI is InChI=1S/C31H34ClFN2O3/c1-38-25-15-8-12-23(18-25)21-35(30(36)20-26-27(32)16-9-17-28(26)33)29(19-22-10-4-2-5-11-22)31(37)34-24-13-6-3-7-14-24/h2,4-5,8-12,15-18,24,29H,3,6-7,13-14,19-21H2,1H3,(H,34,37)/t29-/m0/s1. The lowest BCUT2D eigenvalue weighted by Gasteiger charge is -2.33. The first-order valence-corrected chi connectivity index (χ1v) is 13.5. The van der Waals surface area contributed by atoms with Crippen LogP contribution in [0.3, 0.4) is 0 Å². The molecule has 1 N–H and O–H groups in total. The Bertz CT molecular complexity index is 1210. The van der Waals surface area contributed by atoms with Gasteiger partial charge in [0, 0.05) is 29.6 Å². The lowest BCUT2D eigenvalue weighted by molar-refractivity contribution is -0.141. The number of nitrogens with one attached hydrogen (secondary N) is 1. The van der Waals surface area contributed by atoms with Crippen LogP contribution in [0.25, 0.3) is 0 Å². The molecular formula is C31H34ClFN2O3. The maximum Gasteiger partial charge on any atom is 0.243 e. The summed E-state index contributed by atoms with van der Waals surface area (Å²) in [6, 6.07) is 20.7. The Morgan fingerprint density at radius 3 is 2.42 bits per heavy atom. The van der Waals surface area contributed by atoms with Gasteiger partial charge in [0.05, 0.1) is 13.5 Å². The van der Waals surface area contributed by atoms with Gasteiger partial charge in [-0.05, 0) is 48.2 Å². The Kier molecular flexibility index (Phi) is 9.77. The van der Waals surface area contributed by atoms with Crippen molar-refractivity contribution in [3.63, 3.8) is 0 Å². The molecule has 0 bridgehead atoms. The number of carbonyl (C=O) groups excluding carboxylic acids is 2. The van der Waals surface area contributed by atoms with E-state index in [9.17, 15) is 14.0 Å². The molecule has 2 amide bonds. The van der Waals surface area contributed by atoms with Crippen LogP contribution in [0, 0.1) is 5.82 Å². The molecule has 3 aromatic rings. The van der Waals surface area contributed by atoms with Crippen molar-refractivity contribution >= 4 is 23.4 Å². The van der Waals surface area contributed by atoms with Crippen LogP contribution in [0.1, 0.15) is 48.8 Å². The normalized spacial score (nSPS) is 14.5. The first-order valence-electron chi connectivity index (χ1n) is 13.1. The highest BCUT2D eigenvalue weighted by atomic mass is 35.5. The summed E-state index contributed by atoms with van der Waals surface area (Å²) >= 11 is 6.27. The van der Waals surface area contributed by atoms with Crippen molar-refractivity contribution < 1.29 is 18.7 Å². The molecule has 1 fully saturated rings. The van der Waals surface area contributed by atoms with E-state index in [4.69, 9.17) is 16.3 Å². The van der Waals surface area contributed by atoms with Gasteiger partial charge in [-0.3, -0.25) is 9.59 Å². The molecule has 3 aromatic carbocycles. The van der Waals surface area contributed by atoms with E-state index < -0.39 is 11.9 Å². The number of benzene rings is 3. The van der Waals surface area contributed by atoms with Crippen molar-refractivity contribution in [2.75, 3.05) is 7.11 Å². The van der Waals surface area contributed by atoms with Crippen LogP contribution in [0.15, 0.2) is 72.8 Å². The molecule has 1 aliphatic carbocycles. The molecule has 5 nitrogen and oxygen atoms in total. The summed E-state index contributed by atoms with van der Waals surface area (Å²) in [6.45, 7) is 0.164. The fraction of sp³-hybridized carbons (Fsp3) is 0.355. The van der Waals surface area contributed by atoms with Gasteiger partial charge in [0.1, 0.15) is 17.6 Å². The zero-order valence-electron chi connectivity index (χ0n) is 21.7. The number of hydrogen-bond donors (Lipinski definition) is 1. The fourth-order valence-corrected chi connectivity index (χ4v) is 5.25. The van der Waals surface area contributed by atoms with E-state index >= 15 is 0 Å². The Morgan fingerprint density at radius 1 is 1.00 bits per heavy atom. The topological polar surface area (TPSA) is 58.6 Å². The van der Waals surface area contributed by atoms with Gasteiger partial charge in [-0.15, -0.1) is 0 Å². The van der Waals surface area contributed by atoms with Crippen molar-refractivity contribution in [2.45, 2.75) is 63.6 Å². The van der Waals surface area contributed by atoms with Gasteiger partial charge in [0.15, 0.2) is 0 Å². The second-order valence-electron chi connectivity index (χ2n) is 9.80. The molecule has 0 heterocycles. The van der Waals surface area contributed by atoms with Gasteiger partial charge in [0.25, 0.3) is 0 Å². The van der Waals surface area contributed by atoms with Crippen molar-refractivity contribution in [2.24, 2.45) is 0 Å². The molecule has 1 saturated carbocycles. The second kappa shape index (κ2) is 13.4. The van der Waals surface area contributed by atoms with E-state index in [-0.39, 0.29) is 41.4 Å². The minimum Gasteiger partial charge on any atom is -0.497 e. The maximum atomic E-state index is 14.7. The van der Waals surface area contributed by atoms with E-state index in [0.717, 1.165) is 36.8 Å². The third kappa shape index (κ3) is 7.35. The number of nitrogens with zero attached hydrogens (tertiary/aromatic N) is 1. The molecule has 0 unspecified atom stereocenters. The molecular weight excluding hydrogens is 503 g/mol. The number of ether oxygens (including phenoxy) is 1. The molecule has 1 atom stereocenters. The molecule has 7 heteroatoms. The minimum absolute atomic E-state index is 0.0873. The second-order valence-corrected chi connectivity index (χ2v) is 10.2. The predicted octanol–water partition coefficient (Wildman–Crippen LogP) is 6.12. The number of carbonyl (C=O) groups is 2. The number of amides is 2. The van der Waals surface area contributed by atoms with Crippen LogP contribution >= 0.6 is 11.6 Å². The molecule has 38 heavy (non-hydrogen) atoms. The smallest absolute Gasteiger partial charge is 0.243 e. The quantitative estimate of drug-likeness (QED) is 0.339. The van der Waals surface area contributed by atoms with Gasteiger partial charge in [-0.1, -0.05) is 79.4 Å². The molecule has 0 saturated heterocycles. The fourth-order valence-electron chi connectivity index (χ4n) is 5.02. The van der Waals surface area contributed by atoms with Gasteiger partial charge in [-0.2, -0.15) is 0 Å². The predicted molar refractivity (Wildman–Crippen MR) is 148 cm³/mol. The third-order valence-electron chi connectivity index (χ3n) is 7.10. The Balaban J connectivity index is 1.69. The average Bonchev–Trinajstić information content (AvgIpc) is 2.94. The molecule has 4 rings (SSSR count). The molecule has 0 aromatic heterocycles. The largest absolute Gasteiger partial charge is 0.497 e. The highest BCUT2D eigenvalue weighted by Crippen LogP contribution is 2.24. The van der Waals surface area contributed by atoms with Gasteiger partial charge >= 0.3 is 0 Å². The van der Waals surface area contributed by atoms with Crippen LogP contribution in [-0.4, -0.2) is 35.9 Å². The Hall–Kier alpha value is -3.38. The van der Waals surface area contributed by atoms with Crippen LogP contribution in [-0.2, 0) is 29.0 Å². The van der Waals surface area contributed by atoms with Crippen LogP contribution in [0.5, 0.6) is 5.75 Å². The van der Waals surface area contributed by atoms with E-state index in [1.54, 1.807) is 18.1 Å². The van der Waals surface area contributed by atoms with Gasteiger partial charge < -0.3 is 15.0 Å². The van der Waals surface area contributed by atoms with Gasteiger partial charge in [0.2, 0.25) is 11.8 Å². The lowest BCUT2D eigenvalue weighted by atomic mass is 9.94. The summed E-state index contributed by atoms with van der Waals surface area (Å²) in [5.41, 5.74) is 1.87. The summed E-state index contributed by atoms with van der Waals surface area (Å²) in [5.74, 6) is -0.465. The first-order chi connectivity index (χ1) is 18.4. The molecule has 1 aliphatic rings. The van der Waals surface area contributed by atoms with E-state index in [0.29, 0.717) is 12.2 Å². The SMILES string of the molecule is COc1cccc(CN(C(=O)Cc2c(F)cccc2Cl)[C@@H](Cc2ccccc2)C(=O)NC2CCCCC2)c1. The minimum atomic E-state index is -0.788. The summed E-state index contributed by atoms with van der Waals surface area (Å²) in [4.78, 5) is 29.3. The number of methoxy groups -OCH3 is 1. The number of hydrogen-bond acceptors (Lipinski definition) is 3. The van der Waals surface area contributed by atoms with Crippen molar-refractivity contribution in [3.05, 3.63) is 100 Å². The van der Waals surface area contributed by atoms with Crippen molar-refractivity contribution in [1.29, 1.82) is 0 Å². The van der Waals surface area contributed by atoms with Crippen molar-refractivity contribution in [3.8, 4) is 5.75 Å². The Morgan fingerprint density at radius 2 is 1.71 bits per heavy atom. The average molecular weight is 537 g/mol. The number of rotatable bonds is 10. The van der Waals surface area contributed by atoms with E-state index in [2.05, 4.69) is 5.32 Å². The van der Waals surface area contributed by atoms with E-state index in [1.807, 2.05) is 54.6 Å². The first kappa shape index (κ1) is 27.6. The monoisotopic (exact) mass is 536 g/mol. The molecule has 0 spiro atoms. The molecule has 0 aliphatic heterocycles. The Labute approximate surface area is 228 Å². The molecule has 0 radical (unpaired) electrons. The highest BCUT2D eigenvalue weighted by molar-refractivity contribution is 6.31. The van der Waals surface area contributed by atoms with Crippen LogP contribution in [0.4, 0.5) is 4.39 Å². The zero-order chi connectivity index (χ0) is 26.9. The summed E-state index contributed by atoms with van der Waals surface area (Å²) in [7, 11) is 1.58. The summed E-state index contributed by atoms with van der Waals surface area (Å²) in [5, 5.41) is 3.40. The zero-order valence-corrected chi connectivity index (χ0v) is 22.4. The molecule has 200 valence electrons. The van der Waals surface area contributed by atoms with E-state index in [1.165, 1.54) is 18.6 Å². The van der Waals surface area contributed by atoms with Crippen LogP contribution in [0.2, 0.25) is 5.02 Å². The van der Waals surface area contributed by atoms with Crippen molar-refractivity contribution in [1.82, 2.24) is 10.2 Å². The van der Waals surface area contributed by atoms with Gasteiger partial charge in [-0.25, -0.2) is 4.39 Å². The summed E-state index contributed by atoms with van der Waals surface area (Å²) < 4.78 is 20.0. The highest BCUT2D eigenvalue weighted by Gasteiger charge is 2.32.